The number of carbonyl (C=O) groups excluding carboxylic acids is 1. The molecule has 1 fully saturated rings. The molecular formula is C16H23NO2. The number of methoxy groups -OCH3 is 1. The largest absolute Gasteiger partial charge is 0.496 e. The van der Waals surface area contributed by atoms with E-state index in [1.54, 1.807) is 7.11 Å². The van der Waals surface area contributed by atoms with Crippen molar-refractivity contribution in [3.63, 3.8) is 0 Å². The van der Waals surface area contributed by atoms with E-state index in [0.717, 1.165) is 31.8 Å². The minimum Gasteiger partial charge on any atom is -0.496 e. The number of aryl methyl sites for hydroxylation is 2. The SMILES string of the molecule is COc1cc(C)cc(C)c1CCN1CCC(=O)CC1. The number of carbonyl (C=O) groups is 1. The van der Waals surface area contributed by atoms with E-state index in [9.17, 15) is 4.79 Å². The van der Waals surface area contributed by atoms with Crippen LogP contribution < -0.4 is 4.74 Å². The van der Waals surface area contributed by atoms with Gasteiger partial charge in [0.1, 0.15) is 11.5 Å². The molecule has 104 valence electrons. The van der Waals surface area contributed by atoms with E-state index in [2.05, 4.69) is 30.9 Å². The molecule has 19 heavy (non-hydrogen) atoms. The number of piperidine rings is 1. The van der Waals surface area contributed by atoms with Crippen LogP contribution in [0.4, 0.5) is 0 Å². The number of hydrogen-bond acceptors (Lipinski definition) is 3. The summed E-state index contributed by atoms with van der Waals surface area (Å²) in [5.74, 6) is 1.39. The van der Waals surface area contributed by atoms with Crippen LogP contribution in [0.3, 0.4) is 0 Å². The van der Waals surface area contributed by atoms with Crippen molar-refractivity contribution < 1.29 is 9.53 Å². The number of ether oxygens (including phenoxy) is 1. The third-order valence-corrected chi connectivity index (χ3v) is 3.89. The van der Waals surface area contributed by atoms with Gasteiger partial charge in [0, 0.05) is 32.5 Å². The van der Waals surface area contributed by atoms with E-state index in [0.29, 0.717) is 18.6 Å². The summed E-state index contributed by atoms with van der Waals surface area (Å²) < 4.78 is 5.49. The van der Waals surface area contributed by atoms with Crippen molar-refractivity contribution in [3.8, 4) is 5.75 Å². The second-order valence-corrected chi connectivity index (χ2v) is 5.39. The van der Waals surface area contributed by atoms with Crippen LogP contribution in [0, 0.1) is 13.8 Å². The van der Waals surface area contributed by atoms with Crippen LogP contribution >= 0.6 is 0 Å². The van der Waals surface area contributed by atoms with Gasteiger partial charge >= 0.3 is 0 Å². The summed E-state index contributed by atoms with van der Waals surface area (Å²) in [4.78, 5) is 13.6. The van der Waals surface area contributed by atoms with E-state index >= 15 is 0 Å². The molecule has 1 aromatic carbocycles. The Morgan fingerprint density at radius 2 is 1.89 bits per heavy atom. The van der Waals surface area contributed by atoms with Gasteiger partial charge in [-0.2, -0.15) is 0 Å². The highest BCUT2D eigenvalue weighted by Gasteiger charge is 2.16. The summed E-state index contributed by atoms with van der Waals surface area (Å²) in [6.07, 6.45) is 2.41. The van der Waals surface area contributed by atoms with Crippen LogP contribution in [0.15, 0.2) is 12.1 Å². The lowest BCUT2D eigenvalue weighted by molar-refractivity contribution is -0.121. The van der Waals surface area contributed by atoms with Crippen molar-refractivity contribution in [1.82, 2.24) is 4.90 Å². The first-order chi connectivity index (χ1) is 9.10. The van der Waals surface area contributed by atoms with Crippen LogP contribution in [0.5, 0.6) is 5.75 Å². The van der Waals surface area contributed by atoms with Crippen molar-refractivity contribution in [1.29, 1.82) is 0 Å². The summed E-state index contributed by atoms with van der Waals surface area (Å²) >= 11 is 0. The fourth-order valence-corrected chi connectivity index (χ4v) is 2.76. The molecular weight excluding hydrogens is 238 g/mol. The first-order valence-corrected chi connectivity index (χ1v) is 6.98. The fraction of sp³-hybridized carbons (Fsp3) is 0.562. The molecule has 1 aromatic rings. The molecule has 2 rings (SSSR count). The third-order valence-electron chi connectivity index (χ3n) is 3.89. The molecule has 1 saturated heterocycles. The number of rotatable bonds is 4. The van der Waals surface area contributed by atoms with Gasteiger partial charge in [0.15, 0.2) is 0 Å². The predicted molar refractivity (Wildman–Crippen MR) is 76.9 cm³/mol. The maximum absolute atomic E-state index is 11.2. The monoisotopic (exact) mass is 261 g/mol. The zero-order valence-corrected chi connectivity index (χ0v) is 12.2. The number of hydrogen-bond donors (Lipinski definition) is 0. The van der Waals surface area contributed by atoms with Gasteiger partial charge in [0.25, 0.3) is 0 Å². The third kappa shape index (κ3) is 3.57. The van der Waals surface area contributed by atoms with Crippen LogP contribution in [0.25, 0.3) is 0 Å². The molecule has 0 amide bonds. The number of benzene rings is 1. The lowest BCUT2D eigenvalue weighted by Crippen LogP contribution is -2.35. The smallest absolute Gasteiger partial charge is 0.135 e. The number of nitrogens with zero attached hydrogens (tertiary/aromatic N) is 1. The van der Waals surface area contributed by atoms with Gasteiger partial charge in [-0.15, -0.1) is 0 Å². The van der Waals surface area contributed by atoms with E-state index in [1.165, 1.54) is 16.7 Å². The van der Waals surface area contributed by atoms with Gasteiger partial charge in [-0.1, -0.05) is 6.07 Å². The number of likely N-dealkylation sites (tertiary alicyclic amines) is 1. The Labute approximate surface area is 115 Å². The van der Waals surface area contributed by atoms with Crippen LogP contribution in [-0.4, -0.2) is 37.4 Å². The molecule has 0 saturated carbocycles. The summed E-state index contributed by atoms with van der Waals surface area (Å²) in [5.41, 5.74) is 3.83. The number of ketones is 1. The summed E-state index contributed by atoms with van der Waals surface area (Å²) in [7, 11) is 1.73. The zero-order valence-electron chi connectivity index (χ0n) is 12.2. The molecule has 0 spiro atoms. The molecule has 1 aliphatic rings. The highest BCUT2D eigenvalue weighted by Crippen LogP contribution is 2.25. The fourth-order valence-electron chi connectivity index (χ4n) is 2.76. The molecule has 0 unspecified atom stereocenters. The highest BCUT2D eigenvalue weighted by molar-refractivity contribution is 5.79. The molecule has 0 atom stereocenters. The van der Waals surface area contributed by atoms with Gasteiger partial charge in [-0.25, -0.2) is 0 Å². The van der Waals surface area contributed by atoms with Crippen LogP contribution in [-0.2, 0) is 11.2 Å². The second-order valence-electron chi connectivity index (χ2n) is 5.39. The summed E-state index contributed by atoms with van der Waals surface area (Å²) in [6.45, 7) is 7.06. The molecule has 1 aliphatic heterocycles. The maximum atomic E-state index is 11.2. The summed E-state index contributed by atoms with van der Waals surface area (Å²) in [6, 6.07) is 4.31. The Balaban J connectivity index is 2.01. The Bertz CT molecular complexity index is 458. The molecule has 0 radical (unpaired) electrons. The van der Waals surface area contributed by atoms with Crippen molar-refractivity contribution in [2.75, 3.05) is 26.7 Å². The number of Topliss-reactive ketones (excluding diaryl/α,β-unsaturated/α-hetero) is 1. The maximum Gasteiger partial charge on any atom is 0.135 e. The van der Waals surface area contributed by atoms with E-state index in [1.807, 2.05) is 0 Å². The van der Waals surface area contributed by atoms with Gasteiger partial charge in [0.2, 0.25) is 0 Å². The lowest BCUT2D eigenvalue weighted by atomic mass is 10.0. The average molecular weight is 261 g/mol. The highest BCUT2D eigenvalue weighted by atomic mass is 16.5. The topological polar surface area (TPSA) is 29.5 Å². The normalized spacial score (nSPS) is 16.7. The van der Waals surface area contributed by atoms with Gasteiger partial charge in [-0.3, -0.25) is 4.79 Å². The van der Waals surface area contributed by atoms with E-state index in [4.69, 9.17) is 4.74 Å². The van der Waals surface area contributed by atoms with Crippen molar-refractivity contribution in [2.24, 2.45) is 0 Å². The zero-order chi connectivity index (χ0) is 13.8. The first kappa shape index (κ1) is 14.1. The predicted octanol–water partition coefficient (Wildman–Crippen LogP) is 2.52. The average Bonchev–Trinajstić information content (AvgIpc) is 2.39. The molecule has 3 nitrogen and oxygen atoms in total. The molecule has 0 aromatic heterocycles. The van der Waals surface area contributed by atoms with Gasteiger partial charge in [0.05, 0.1) is 7.11 Å². The van der Waals surface area contributed by atoms with E-state index < -0.39 is 0 Å². The molecule has 0 aliphatic carbocycles. The molecule has 0 bridgehead atoms. The van der Waals surface area contributed by atoms with Gasteiger partial charge < -0.3 is 9.64 Å². The molecule has 3 heteroatoms. The summed E-state index contributed by atoms with van der Waals surface area (Å²) in [5, 5.41) is 0. The minimum atomic E-state index is 0.403. The molecule has 0 N–H and O–H groups in total. The second kappa shape index (κ2) is 6.20. The van der Waals surface area contributed by atoms with Crippen LogP contribution in [0.1, 0.15) is 29.5 Å². The quantitative estimate of drug-likeness (QED) is 0.834. The Morgan fingerprint density at radius 1 is 1.21 bits per heavy atom. The lowest BCUT2D eigenvalue weighted by Gasteiger charge is -2.26. The Hall–Kier alpha value is -1.35. The first-order valence-electron chi connectivity index (χ1n) is 6.98. The van der Waals surface area contributed by atoms with Crippen molar-refractivity contribution >= 4 is 5.78 Å². The Kier molecular flexibility index (Phi) is 4.59. The van der Waals surface area contributed by atoms with Crippen molar-refractivity contribution in [2.45, 2.75) is 33.1 Å². The minimum absolute atomic E-state index is 0.403. The standard InChI is InChI=1S/C16H23NO2/c1-12-10-13(2)15(16(11-12)19-3)6-9-17-7-4-14(18)5-8-17/h10-11H,4-9H2,1-3H3. The van der Waals surface area contributed by atoms with Gasteiger partial charge in [-0.05, 0) is 43.0 Å². The molecule has 1 heterocycles. The Morgan fingerprint density at radius 3 is 2.53 bits per heavy atom. The van der Waals surface area contributed by atoms with Crippen molar-refractivity contribution in [3.05, 3.63) is 28.8 Å². The van der Waals surface area contributed by atoms with Crippen LogP contribution in [0.2, 0.25) is 0 Å². The van der Waals surface area contributed by atoms with E-state index in [-0.39, 0.29) is 0 Å².